The number of carbonyl (C=O) groups excluding carboxylic acids is 1. The Hall–Kier alpha value is -1.07. The first-order valence-electron chi connectivity index (χ1n) is 8.01. The van der Waals surface area contributed by atoms with Crippen LogP contribution >= 0.6 is 34.5 Å². The molecule has 0 radical (unpaired) electrons. The third-order valence-electron chi connectivity index (χ3n) is 4.23. The molecule has 3 rings (SSSR count). The van der Waals surface area contributed by atoms with E-state index in [9.17, 15) is 4.79 Å². The van der Waals surface area contributed by atoms with E-state index >= 15 is 0 Å². The summed E-state index contributed by atoms with van der Waals surface area (Å²) in [5, 5.41) is 3.00. The molecule has 1 aromatic heterocycles. The van der Waals surface area contributed by atoms with Crippen molar-refractivity contribution in [3.8, 4) is 0 Å². The first-order chi connectivity index (χ1) is 11.6. The highest BCUT2D eigenvalue weighted by atomic mass is 35.5. The second-order valence-corrected chi connectivity index (χ2v) is 7.67. The molecule has 3 nitrogen and oxygen atoms in total. The molecule has 0 aliphatic carbocycles. The van der Waals surface area contributed by atoms with Gasteiger partial charge in [-0.3, -0.25) is 4.79 Å². The highest BCUT2D eigenvalue weighted by Crippen LogP contribution is 2.25. The number of thiophene rings is 1. The van der Waals surface area contributed by atoms with Crippen molar-refractivity contribution in [2.45, 2.75) is 25.3 Å². The number of amides is 1. The number of hydrogen-bond acceptors (Lipinski definition) is 3. The topological polar surface area (TPSA) is 29.5 Å². The largest absolute Gasteiger partial charge is 0.381 e. The highest BCUT2D eigenvalue weighted by Gasteiger charge is 2.27. The zero-order valence-electron chi connectivity index (χ0n) is 13.2. The van der Waals surface area contributed by atoms with Crippen LogP contribution in [0.15, 0.2) is 35.7 Å². The minimum Gasteiger partial charge on any atom is -0.381 e. The van der Waals surface area contributed by atoms with Gasteiger partial charge in [0.2, 0.25) is 0 Å². The molecule has 0 spiro atoms. The summed E-state index contributed by atoms with van der Waals surface area (Å²) in [4.78, 5) is 16.3. The predicted octanol–water partition coefficient (Wildman–Crippen LogP) is 4.92. The van der Waals surface area contributed by atoms with Gasteiger partial charge in [-0.15, -0.1) is 11.3 Å². The van der Waals surface area contributed by atoms with E-state index in [0.717, 1.165) is 19.3 Å². The van der Waals surface area contributed by atoms with E-state index in [1.54, 1.807) is 29.5 Å². The lowest BCUT2D eigenvalue weighted by Crippen LogP contribution is -2.44. The van der Waals surface area contributed by atoms with Crippen LogP contribution in [0, 0.1) is 0 Å². The van der Waals surface area contributed by atoms with Crippen LogP contribution in [0.2, 0.25) is 10.0 Å². The third kappa shape index (κ3) is 4.31. The van der Waals surface area contributed by atoms with Gasteiger partial charge < -0.3 is 9.64 Å². The standard InChI is InChI=1S/C18H19Cl2NO2S/c19-13-3-4-16(17(20)12-13)18(22)21(14-6-9-23-10-7-14)8-5-15-2-1-11-24-15/h1-4,11-12,14H,5-10H2. The van der Waals surface area contributed by atoms with Gasteiger partial charge in [-0.05, 0) is 48.9 Å². The SMILES string of the molecule is O=C(c1ccc(Cl)cc1Cl)N(CCc1cccs1)C1CCOCC1. The number of nitrogens with zero attached hydrogens (tertiary/aromatic N) is 1. The van der Waals surface area contributed by atoms with Gasteiger partial charge in [-0.25, -0.2) is 0 Å². The van der Waals surface area contributed by atoms with E-state index in [2.05, 4.69) is 11.4 Å². The molecular formula is C18H19Cl2NO2S. The summed E-state index contributed by atoms with van der Waals surface area (Å²) in [6, 6.07) is 9.38. The van der Waals surface area contributed by atoms with Crippen LogP contribution in [0.5, 0.6) is 0 Å². The maximum atomic E-state index is 13.1. The normalized spacial score (nSPS) is 15.4. The predicted molar refractivity (Wildman–Crippen MR) is 99.4 cm³/mol. The zero-order valence-corrected chi connectivity index (χ0v) is 15.5. The quantitative estimate of drug-likeness (QED) is 0.733. The molecule has 24 heavy (non-hydrogen) atoms. The highest BCUT2D eigenvalue weighted by molar-refractivity contribution is 7.09. The van der Waals surface area contributed by atoms with Crippen LogP contribution in [-0.2, 0) is 11.2 Å². The molecule has 0 unspecified atom stereocenters. The van der Waals surface area contributed by atoms with Crippen molar-refractivity contribution in [2.75, 3.05) is 19.8 Å². The molecule has 1 amide bonds. The molecule has 1 fully saturated rings. The van der Waals surface area contributed by atoms with Crippen molar-refractivity contribution in [3.05, 3.63) is 56.2 Å². The molecule has 0 bridgehead atoms. The number of rotatable bonds is 5. The number of hydrogen-bond donors (Lipinski definition) is 0. The van der Waals surface area contributed by atoms with Crippen LogP contribution in [-0.4, -0.2) is 36.6 Å². The molecule has 1 aliphatic rings. The van der Waals surface area contributed by atoms with Crippen molar-refractivity contribution < 1.29 is 9.53 Å². The van der Waals surface area contributed by atoms with Crippen LogP contribution in [0.4, 0.5) is 0 Å². The summed E-state index contributed by atoms with van der Waals surface area (Å²) >= 11 is 13.9. The fourth-order valence-corrected chi connectivity index (χ4v) is 4.14. The van der Waals surface area contributed by atoms with Gasteiger partial charge in [0.05, 0.1) is 10.6 Å². The molecule has 0 N–H and O–H groups in total. The van der Waals surface area contributed by atoms with E-state index < -0.39 is 0 Å². The second kappa shape index (κ2) is 8.34. The summed E-state index contributed by atoms with van der Waals surface area (Å²) in [6.07, 6.45) is 2.58. The molecule has 0 atom stereocenters. The van der Waals surface area contributed by atoms with Gasteiger partial charge in [-0.2, -0.15) is 0 Å². The Morgan fingerprint density at radius 1 is 1.25 bits per heavy atom. The van der Waals surface area contributed by atoms with E-state index in [1.165, 1.54) is 4.88 Å². The maximum Gasteiger partial charge on any atom is 0.255 e. The zero-order chi connectivity index (χ0) is 16.9. The minimum atomic E-state index is -0.0277. The van der Waals surface area contributed by atoms with Gasteiger partial charge in [0.1, 0.15) is 0 Å². The van der Waals surface area contributed by atoms with Crippen LogP contribution < -0.4 is 0 Å². The molecular weight excluding hydrogens is 365 g/mol. The van der Waals surface area contributed by atoms with Crippen molar-refractivity contribution in [2.24, 2.45) is 0 Å². The Morgan fingerprint density at radius 2 is 2.04 bits per heavy atom. The van der Waals surface area contributed by atoms with E-state index in [4.69, 9.17) is 27.9 Å². The van der Waals surface area contributed by atoms with E-state index in [1.807, 2.05) is 11.0 Å². The lowest BCUT2D eigenvalue weighted by molar-refractivity contribution is 0.0294. The van der Waals surface area contributed by atoms with E-state index in [-0.39, 0.29) is 11.9 Å². The maximum absolute atomic E-state index is 13.1. The van der Waals surface area contributed by atoms with Crippen molar-refractivity contribution in [3.63, 3.8) is 0 Å². The fraction of sp³-hybridized carbons (Fsp3) is 0.389. The minimum absolute atomic E-state index is 0.0277. The summed E-state index contributed by atoms with van der Waals surface area (Å²) < 4.78 is 5.45. The number of benzene rings is 1. The molecule has 1 saturated heterocycles. The van der Waals surface area contributed by atoms with Crippen molar-refractivity contribution in [1.29, 1.82) is 0 Å². The molecule has 1 aliphatic heterocycles. The average Bonchev–Trinajstić information content (AvgIpc) is 3.09. The second-order valence-electron chi connectivity index (χ2n) is 5.80. The van der Waals surface area contributed by atoms with Crippen molar-refractivity contribution >= 4 is 40.4 Å². The van der Waals surface area contributed by atoms with Gasteiger partial charge in [0.25, 0.3) is 5.91 Å². The molecule has 1 aromatic carbocycles. The summed E-state index contributed by atoms with van der Waals surface area (Å²) in [5.41, 5.74) is 0.513. The molecule has 2 heterocycles. The van der Waals surface area contributed by atoms with Gasteiger partial charge in [0.15, 0.2) is 0 Å². The number of ether oxygens (including phenoxy) is 1. The average molecular weight is 384 g/mol. The summed E-state index contributed by atoms with van der Waals surface area (Å²) in [7, 11) is 0. The Balaban J connectivity index is 1.80. The fourth-order valence-electron chi connectivity index (χ4n) is 2.95. The van der Waals surface area contributed by atoms with Crippen LogP contribution in [0.3, 0.4) is 0 Å². The lowest BCUT2D eigenvalue weighted by atomic mass is 10.0. The smallest absolute Gasteiger partial charge is 0.255 e. The molecule has 128 valence electrons. The first kappa shape index (κ1) is 17.7. The Bertz CT molecular complexity index is 684. The Kier molecular flexibility index (Phi) is 6.17. The molecule has 0 saturated carbocycles. The van der Waals surface area contributed by atoms with Gasteiger partial charge in [-0.1, -0.05) is 29.3 Å². The Labute approximate surface area is 156 Å². The molecule has 6 heteroatoms. The van der Waals surface area contributed by atoms with Crippen LogP contribution in [0.1, 0.15) is 28.1 Å². The monoisotopic (exact) mass is 383 g/mol. The summed E-state index contributed by atoms with van der Waals surface area (Å²) in [5.74, 6) is -0.0277. The third-order valence-corrected chi connectivity index (χ3v) is 5.72. The van der Waals surface area contributed by atoms with Gasteiger partial charge >= 0.3 is 0 Å². The lowest BCUT2D eigenvalue weighted by Gasteiger charge is -2.34. The number of carbonyl (C=O) groups is 1. The molecule has 2 aromatic rings. The van der Waals surface area contributed by atoms with Crippen molar-refractivity contribution in [1.82, 2.24) is 4.90 Å². The van der Waals surface area contributed by atoms with Crippen LogP contribution in [0.25, 0.3) is 0 Å². The first-order valence-corrected chi connectivity index (χ1v) is 9.65. The van der Waals surface area contributed by atoms with Gasteiger partial charge in [0, 0.05) is 35.7 Å². The number of halogens is 2. The van der Waals surface area contributed by atoms with E-state index in [0.29, 0.717) is 35.4 Å². The Morgan fingerprint density at radius 3 is 2.71 bits per heavy atom. The summed E-state index contributed by atoms with van der Waals surface area (Å²) in [6.45, 7) is 2.08.